The van der Waals surface area contributed by atoms with E-state index < -0.39 is 0 Å². The third kappa shape index (κ3) is 4.85. The number of fused-ring (bicyclic) bond motifs is 1. The van der Waals surface area contributed by atoms with Gasteiger partial charge in [0.05, 0.1) is 21.7 Å². The van der Waals surface area contributed by atoms with E-state index in [0.29, 0.717) is 21.3 Å². The van der Waals surface area contributed by atoms with Crippen LogP contribution in [-0.4, -0.2) is 64.4 Å². The molecule has 0 saturated carbocycles. The van der Waals surface area contributed by atoms with Crippen molar-refractivity contribution >= 4 is 56.9 Å². The Labute approximate surface area is 221 Å². The number of pyridine rings is 1. The summed E-state index contributed by atoms with van der Waals surface area (Å²) in [6.07, 6.45) is 3.49. The highest BCUT2D eigenvalue weighted by Gasteiger charge is 2.33. The molecule has 1 amide bonds. The number of aryl methyl sites for hydroxylation is 2. The molecule has 36 heavy (non-hydrogen) atoms. The predicted molar refractivity (Wildman–Crippen MR) is 154 cm³/mol. The van der Waals surface area contributed by atoms with Crippen molar-refractivity contribution in [3.63, 3.8) is 0 Å². The van der Waals surface area contributed by atoms with Crippen molar-refractivity contribution < 1.29 is 4.79 Å². The summed E-state index contributed by atoms with van der Waals surface area (Å²) < 4.78 is 2.24. The van der Waals surface area contributed by atoms with Gasteiger partial charge in [0.2, 0.25) is 0 Å². The van der Waals surface area contributed by atoms with Crippen LogP contribution in [-0.2, 0) is 18.3 Å². The van der Waals surface area contributed by atoms with Gasteiger partial charge >= 0.3 is 0 Å². The van der Waals surface area contributed by atoms with Crippen LogP contribution in [0.15, 0.2) is 64.3 Å². The molecular formula is C28H30N4O2S2. The van der Waals surface area contributed by atoms with Gasteiger partial charge in [-0.1, -0.05) is 72.5 Å². The number of nitrogens with zero attached hydrogens (tertiary/aromatic N) is 4. The van der Waals surface area contributed by atoms with Crippen LogP contribution >= 0.6 is 24.0 Å². The number of thiocarbonyl (C=S) groups is 1. The first-order valence-corrected chi connectivity index (χ1v) is 13.5. The van der Waals surface area contributed by atoms with E-state index in [1.165, 1.54) is 17.3 Å². The number of anilines is 1. The van der Waals surface area contributed by atoms with Gasteiger partial charge in [-0.25, -0.2) is 0 Å². The SMILES string of the molecule is CN1CCN(c2c(C=C3SC(=S)N(CCCc4ccccc4)C3=O)c(=O)n(C)c3ccccc23)CC1. The highest BCUT2D eigenvalue weighted by Crippen LogP contribution is 2.36. The van der Waals surface area contributed by atoms with Crippen molar-refractivity contribution in [2.24, 2.45) is 7.05 Å². The summed E-state index contributed by atoms with van der Waals surface area (Å²) in [5, 5.41) is 1.02. The summed E-state index contributed by atoms with van der Waals surface area (Å²) in [5.41, 5.74) is 3.51. The van der Waals surface area contributed by atoms with Gasteiger partial charge in [0.15, 0.2) is 0 Å². The van der Waals surface area contributed by atoms with E-state index in [-0.39, 0.29) is 11.5 Å². The molecule has 0 bridgehead atoms. The van der Waals surface area contributed by atoms with Gasteiger partial charge in [-0.3, -0.25) is 14.5 Å². The number of benzene rings is 2. The molecule has 5 rings (SSSR count). The number of thioether (sulfide) groups is 1. The molecule has 2 aromatic carbocycles. The van der Waals surface area contributed by atoms with Gasteiger partial charge < -0.3 is 14.4 Å². The molecule has 0 unspecified atom stereocenters. The number of carbonyl (C=O) groups excluding carboxylic acids is 1. The number of para-hydroxylation sites is 1. The molecule has 3 aromatic rings. The van der Waals surface area contributed by atoms with Gasteiger partial charge in [0.1, 0.15) is 4.32 Å². The Hall–Kier alpha value is -2.94. The fourth-order valence-electron chi connectivity index (χ4n) is 4.91. The molecule has 3 heterocycles. The number of carbonyl (C=O) groups is 1. The molecule has 0 radical (unpaired) electrons. The molecule has 1 aromatic heterocycles. The molecular weight excluding hydrogens is 488 g/mol. The number of hydrogen-bond acceptors (Lipinski definition) is 6. The molecule has 0 atom stereocenters. The molecule has 186 valence electrons. The second kappa shape index (κ2) is 10.6. The Morgan fingerprint density at radius 1 is 0.944 bits per heavy atom. The fourth-order valence-corrected chi connectivity index (χ4v) is 6.20. The first kappa shape index (κ1) is 24.7. The minimum atomic E-state index is -0.113. The second-order valence-corrected chi connectivity index (χ2v) is 11.0. The monoisotopic (exact) mass is 518 g/mol. The van der Waals surface area contributed by atoms with Crippen LogP contribution in [0.4, 0.5) is 5.69 Å². The lowest BCUT2D eigenvalue weighted by Gasteiger charge is -2.35. The number of rotatable bonds is 6. The van der Waals surface area contributed by atoms with Gasteiger partial charge in [-0.2, -0.15) is 0 Å². The van der Waals surface area contributed by atoms with Gasteiger partial charge in [0, 0.05) is 45.2 Å². The summed E-state index contributed by atoms with van der Waals surface area (Å²) in [4.78, 5) is 33.8. The van der Waals surface area contributed by atoms with E-state index >= 15 is 0 Å². The molecule has 0 aliphatic carbocycles. The fraction of sp³-hybridized carbons (Fsp3) is 0.321. The molecule has 2 aliphatic rings. The lowest BCUT2D eigenvalue weighted by Crippen LogP contribution is -2.45. The summed E-state index contributed by atoms with van der Waals surface area (Å²) >= 11 is 6.87. The molecule has 2 fully saturated rings. The number of likely N-dealkylation sites (N-methyl/N-ethyl adjacent to an activating group) is 1. The lowest BCUT2D eigenvalue weighted by atomic mass is 10.1. The van der Waals surface area contributed by atoms with Crippen molar-refractivity contribution in [2.75, 3.05) is 44.7 Å². The first-order chi connectivity index (χ1) is 17.4. The van der Waals surface area contributed by atoms with Crippen molar-refractivity contribution in [1.29, 1.82) is 0 Å². The molecule has 8 heteroatoms. The minimum absolute atomic E-state index is 0.100. The minimum Gasteiger partial charge on any atom is -0.368 e. The lowest BCUT2D eigenvalue weighted by molar-refractivity contribution is -0.122. The summed E-state index contributed by atoms with van der Waals surface area (Å²) in [7, 11) is 3.91. The van der Waals surface area contributed by atoms with Crippen molar-refractivity contribution in [1.82, 2.24) is 14.4 Å². The summed E-state index contributed by atoms with van der Waals surface area (Å²) in [6, 6.07) is 18.3. The van der Waals surface area contributed by atoms with E-state index in [1.807, 2.05) is 36.4 Å². The Kier molecular flexibility index (Phi) is 7.27. The third-order valence-corrected chi connectivity index (χ3v) is 8.35. The number of amides is 1. The third-order valence-electron chi connectivity index (χ3n) is 6.97. The summed E-state index contributed by atoms with van der Waals surface area (Å²) in [6.45, 7) is 4.07. The Bertz CT molecular complexity index is 1390. The molecule has 2 saturated heterocycles. The highest BCUT2D eigenvalue weighted by atomic mass is 32.2. The van der Waals surface area contributed by atoms with Crippen molar-refractivity contribution in [3.8, 4) is 0 Å². The number of piperazine rings is 1. The summed E-state index contributed by atoms with van der Waals surface area (Å²) in [5.74, 6) is -0.113. The zero-order valence-electron chi connectivity index (χ0n) is 20.6. The zero-order chi connectivity index (χ0) is 25.2. The van der Waals surface area contributed by atoms with Crippen LogP contribution in [0.5, 0.6) is 0 Å². The number of hydrogen-bond donors (Lipinski definition) is 0. The van der Waals surface area contributed by atoms with E-state index in [0.717, 1.165) is 55.6 Å². The maximum Gasteiger partial charge on any atom is 0.266 e. The largest absolute Gasteiger partial charge is 0.368 e. The van der Waals surface area contributed by atoms with E-state index in [2.05, 4.69) is 35.0 Å². The average molecular weight is 519 g/mol. The average Bonchev–Trinajstić information content (AvgIpc) is 3.16. The molecule has 0 spiro atoms. The van der Waals surface area contributed by atoms with Crippen LogP contribution in [0.25, 0.3) is 17.0 Å². The molecule has 6 nitrogen and oxygen atoms in total. The van der Waals surface area contributed by atoms with Crippen molar-refractivity contribution in [2.45, 2.75) is 12.8 Å². The van der Waals surface area contributed by atoms with Gasteiger partial charge in [0.25, 0.3) is 11.5 Å². The standard InChI is InChI=1S/C28H30N4O2S2/c1-29-15-17-31(18-16-29)25-21-12-6-7-13-23(21)30(2)26(33)22(25)19-24-27(34)32(28(35)36-24)14-8-11-20-9-4-3-5-10-20/h3-7,9-10,12-13,19H,8,11,14-18H2,1-2H3. The van der Waals surface area contributed by atoms with Crippen LogP contribution in [0.1, 0.15) is 17.5 Å². The smallest absolute Gasteiger partial charge is 0.266 e. The van der Waals surface area contributed by atoms with E-state index in [9.17, 15) is 9.59 Å². The van der Waals surface area contributed by atoms with Crippen LogP contribution in [0.3, 0.4) is 0 Å². The molecule has 0 N–H and O–H groups in total. The Balaban J connectivity index is 1.48. The van der Waals surface area contributed by atoms with Crippen LogP contribution in [0.2, 0.25) is 0 Å². The number of aromatic nitrogens is 1. The highest BCUT2D eigenvalue weighted by molar-refractivity contribution is 8.26. The van der Waals surface area contributed by atoms with Crippen LogP contribution < -0.4 is 10.5 Å². The zero-order valence-corrected chi connectivity index (χ0v) is 22.3. The topological polar surface area (TPSA) is 48.8 Å². The van der Waals surface area contributed by atoms with Crippen LogP contribution in [0, 0.1) is 0 Å². The maximum atomic E-state index is 13.6. The normalized spacial score (nSPS) is 18.1. The second-order valence-electron chi connectivity index (χ2n) is 9.36. The Morgan fingerprint density at radius 2 is 1.64 bits per heavy atom. The van der Waals surface area contributed by atoms with Crippen molar-refractivity contribution in [3.05, 3.63) is 81.0 Å². The van der Waals surface area contributed by atoms with Gasteiger partial charge in [-0.05, 0) is 37.6 Å². The quantitative estimate of drug-likeness (QED) is 0.361. The van der Waals surface area contributed by atoms with E-state index in [4.69, 9.17) is 12.2 Å². The predicted octanol–water partition coefficient (Wildman–Crippen LogP) is 4.12. The first-order valence-electron chi connectivity index (χ1n) is 12.3. The maximum absolute atomic E-state index is 13.6. The Morgan fingerprint density at radius 3 is 2.39 bits per heavy atom. The van der Waals surface area contributed by atoms with Gasteiger partial charge in [-0.15, -0.1) is 0 Å². The van der Waals surface area contributed by atoms with E-state index in [1.54, 1.807) is 22.6 Å². The molecule has 2 aliphatic heterocycles.